The lowest BCUT2D eigenvalue weighted by molar-refractivity contribution is -0.131. The van der Waals surface area contributed by atoms with Crippen molar-refractivity contribution < 1.29 is 14.3 Å². The van der Waals surface area contributed by atoms with E-state index in [1.54, 1.807) is 7.11 Å². The van der Waals surface area contributed by atoms with Crippen LogP contribution in [0.15, 0.2) is 24.3 Å². The monoisotopic (exact) mass is 401 g/mol. The summed E-state index contributed by atoms with van der Waals surface area (Å²) in [6.07, 6.45) is 2.70. The van der Waals surface area contributed by atoms with Gasteiger partial charge < -0.3 is 15.0 Å². The van der Waals surface area contributed by atoms with Gasteiger partial charge in [-0.3, -0.25) is 9.59 Å². The summed E-state index contributed by atoms with van der Waals surface area (Å²) in [6.45, 7) is 5.23. The maximum Gasteiger partial charge on any atom is 0.263 e. The van der Waals surface area contributed by atoms with Crippen LogP contribution in [0.3, 0.4) is 0 Å². The molecule has 0 atom stereocenters. The molecule has 2 aromatic rings. The molecule has 0 aliphatic carbocycles. The maximum absolute atomic E-state index is 12.6. The third-order valence-electron chi connectivity index (χ3n) is 5.07. The number of hydrogen-bond acceptors (Lipinski definition) is 5. The Morgan fingerprint density at radius 3 is 2.64 bits per heavy atom. The SMILES string of the molecule is CCc1nc(C)c(C(=O)NC2CCN(C(=O)Cc3ccccc3OC)CC2)s1. The van der Waals surface area contributed by atoms with Crippen molar-refractivity contribution in [2.45, 2.75) is 45.6 Å². The lowest BCUT2D eigenvalue weighted by Crippen LogP contribution is -2.47. The fourth-order valence-corrected chi connectivity index (χ4v) is 4.37. The van der Waals surface area contributed by atoms with Gasteiger partial charge in [-0.1, -0.05) is 25.1 Å². The minimum atomic E-state index is -0.0477. The van der Waals surface area contributed by atoms with Crippen LogP contribution >= 0.6 is 11.3 Å². The standard InChI is InChI=1S/C21H27N3O3S/c1-4-18-22-14(2)20(28-18)21(26)23-16-9-11-24(12-10-16)19(25)13-15-7-5-6-8-17(15)27-3/h5-8,16H,4,9-13H2,1-3H3,(H,23,26). The van der Waals surface area contributed by atoms with Crippen LogP contribution in [-0.2, 0) is 17.6 Å². The molecule has 1 fully saturated rings. The highest BCUT2D eigenvalue weighted by Crippen LogP contribution is 2.21. The zero-order chi connectivity index (χ0) is 20.1. The van der Waals surface area contributed by atoms with E-state index in [-0.39, 0.29) is 17.9 Å². The minimum absolute atomic E-state index is 0.0477. The number of aromatic nitrogens is 1. The Morgan fingerprint density at radius 1 is 1.29 bits per heavy atom. The molecule has 3 rings (SSSR count). The summed E-state index contributed by atoms with van der Waals surface area (Å²) in [6, 6.07) is 7.70. The predicted octanol–water partition coefficient (Wildman–Crippen LogP) is 2.99. The van der Waals surface area contributed by atoms with Crippen LogP contribution in [0.1, 0.15) is 45.7 Å². The second kappa shape index (κ2) is 9.19. The molecule has 1 aliphatic heterocycles. The van der Waals surface area contributed by atoms with Gasteiger partial charge in [0.15, 0.2) is 0 Å². The van der Waals surface area contributed by atoms with Crippen LogP contribution in [0, 0.1) is 6.92 Å². The first-order valence-electron chi connectivity index (χ1n) is 9.68. The van der Waals surface area contributed by atoms with Crippen molar-refractivity contribution in [3.63, 3.8) is 0 Å². The van der Waals surface area contributed by atoms with Gasteiger partial charge in [0, 0.05) is 24.7 Å². The summed E-state index contributed by atoms with van der Waals surface area (Å²) in [5.74, 6) is 0.790. The van der Waals surface area contributed by atoms with E-state index in [1.165, 1.54) is 11.3 Å². The predicted molar refractivity (Wildman–Crippen MR) is 110 cm³/mol. The van der Waals surface area contributed by atoms with Gasteiger partial charge in [0.25, 0.3) is 5.91 Å². The van der Waals surface area contributed by atoms with Crippen molar-refractivity contribution in [3.8, 4) is 5.75 Å². The highest BCUT2D eigenvalue weighted by atomic mass is 32.1. The van der Waals surface area contributed by atoms with E-state index in [0.29, 0.717) is 24.4 Å². The summed E-state index contributed by atoms with van der Waals surface area (Å²) in [5, 5.41) is 4.10. The summed E-state index contributed by atoms with van der Waals surface area (Å²) < 4.78 is 5.33. The lowest BCUT2D eigenvalue weighted by atomic mass is 10.0. The van der Waals surface area contributed by atoms with Crippen molar-refractivity contribution in [3.05, 3.63) is 45.4 Å². The average Bonchev–Trinajstić information content (AvgIpc) is 3.10. The van der Waals surface area contributed by atoms with Gasteiger partial charge in [-0.15, -0.1) is 11.3 Å². The van der Waals surface area contributed by atoms with E-state index < -0.39 is 0 Å². The Bertz CT molecular complexity index is 841. The summed E-state index contributed by atoms with van der Waals surface area (Å²) in [5.41, 5.74) is 1.70. The first kappa shape index (κ1) is 20.3. The summed E-state index contributed by atoms with van der Waals surface area (Å²) in [4.78, 5) is 32.2. The number of methoxy groups -OCH3 is 1. The van der Waals surface area contributed by atoms with Gasteiger partial charge >= 0.3 is 0 Å². The van der Waals surface area contributed by atoms with Gasteiger partial charge in [0.1, 0.15) is 10.6 Å². The number of carbonyl (C=O) groups is 2. The number of aryl methyl sites for hydroxylation is 2. The van der Waals surface area contributed by atoms with Crippen LogP contribution in [0.5, 0.6) is 5.75 Å². The van der Waals surface area contributed by atoms with Gasteiger partial charge in [0.2, 0.25) is 5.91 Å². The number of piperidine rings is 1. The fourth-order valence-electron chi connectivity index (χ4n) is 3.46. The molecule has 2 heterocycles. The largest absolute Gasteiger partial charge is 0.496 e. The van der Waals surface area contributed by atoms with Crippen LogP contribution in [0.2, 0.25) is 0 Å². The lowest BCUT2D eigenvalue weighted by Gasteiger charge is -2.32. The molecule has 2 amide bonds. The first-order valence-corrected chi connectivity index (χ1v) is 10.5. The van der Waals surface area contributed by atoms with Crippen molar-refractivity contribution in [1.29, 1.82) is 0 Å². The highest BCUT2D eigenvalue weighted by Gasteiger charge is 2.25. The van der Waals surface area contributed by atoms with E-state index in [9.17, 15) is 9.59 Å². The fraction of sp³-hybridized carbons (Fsp3) is 0.476. The number of likely N-dealkylation sites (tertiary alicyclic amines) is 1. The number of benzene rings is 1. The van der Waals surface area contributed by atoms with Crippen molar-refractivity contribution in [2.75, 3.05) is 20.2 Å². The molecule has 0 unspecified atom stereocenters. The Hall–Kier alpha value is -2.41. The molecule has 0 saturated carbocycles. The number of amides is 2. The molecule has 1 saturated heterocycles. The summed E-state index contributed by atoms with van der Waals surface area (Å²) >= 11 is 1.47. The minimum Gasteiger partial charge on any atom is -0.496 e. The maximum atomic E-state index is 12.6. The van der Waals surface area contributed by atoms with Crippen molar-refractivity contribution in [1.82, 2.24) is 15.2 Å². The van der Waals surface area contributed by atoms with Gasteiger partial charge in [-0.2, -0.15) is 0 Å². The molecular formula is C21H27N3O3S. The zero-order valence-electron chi connectivity index (χ0n) is 16.7. The molecule has 0 radical (unpaired) electrons. The quantitative estimate of drug-likeness (QED) is 0.808. The smallest absolute Gasteiger partial charge is 0.263 e. The molecule has 0 spiro atoms. The van der Waals surface area contributed by atoms with Gasteiger partial charge in [0.05, 0.1) is 24.2 Å². The highest BCUT2D eigenvalue weighted by molar-refractivity contribution is 7.13. The Labute approximate surface area is 169 Å². The molecule has 1 aromatic heterocycles. The summed E-state index contributed by atoms with van der Waals surface area (Å²) in [7, 11) is 1.62. The van der Waals surface area contributed by atoms with Crippen LogP contribution in [0.4, 0.5) is 0 Å². The number of para-hydroxylation sites is 1. The first-order chi connectivity index (χ1) is 13.5. The van der Waals surface area contributed by atoms with Crippen LogP contribution in [-0.4, -0.2) is 47.9 Å². The molecule has 1 aromatic carbocycles. The molecule has 1 aliphatic rings. The number of nitrogens with zero attached hydrogens (tertiary/aromatic N) is 2. The molecule has 1 N–H and O–H groups in total. The number of ether oxygens (including phenoxy) is 1. The number of carbonyl (C=O) groups excluding carboxylic acids is 2. The third-order valence-corrected chi connectivity index (χ3v) is 6.37. The number of rotatable bonds is 6. The number of nitrogens with one attached hydrogen (secondary N) is 1. The molecule has 150 valence electrons. The normalized spacial score (nSPS) is 14.8. The topological polar surface area (TPSA) is 71.5 Å². The molecule has 28 heavy (non-hydrogen) atoms. The van der Waals surface area contributed by atoms with E-state index in [0.717, 1.165) is 41.3 Å². The van der Waals surface area contributed by atoms with Crippen LogP contribution < -0.4 is 10.1 Å². The van der Waals surface area contributed by atoms with Gasteiger partial charge in [-0.25, -0.2) is 4.98 Å². The molecule has 7 heteroatoms. The van der Waals surface area contributed by atoms with Gasteiger partial charge in [-0.05, 0) is 32.3 Å². The zero-order valence-corrected chi connectivity index (χ0v) is 17.5. The van der Waals surface area contributed by atoms with E-state index in [4.69, 9.17) is 4.74 Å². The van der Waals surface area contributed by atoms with Crippen molar-refractivity contribution in [2.24, 2.45) is 0 Å². The van der Waals surface area contributed by atoms with Crippen LogP contribution in [0.25, 0.3) is 0 Å². The van der Waals surface area contributed by atoms with Crippen molar-refractivity contribution >= 4 is 23.2 Å². The second-order valence-corrected chi connectivity index (χ2v) is 8.08. The molecule has 0 bridgehead atoms. The molecular weight excluding hydrogens is 374 g/mol. The third kappa shape index (κ3) is 4.70. The molecule has 6 nitrogen and oxygen atoms in total. The average molecular weight is 402 g/mol. The number of thiazole rings is 1. The van der Waals surface area contributed by atoms with E-state index >= 15 is 0 Å². The van der Waals surface area contributed by atoms with E-state index in [1.807, 2.05) is 43.0 Å². The second-order valence-electron chi connectivity index (χ2n) is 6.99. The Balaban J connectivity index is 1.52. The number of hydrogen-bond donors (Lipinski definition) is 1. The Kier molecular flexibility index (Phi) is 6.67. The Morgan fingerprint density at radius 2 is 2.00 bits per heavy atom. The van der Waals surface area contributed by atoms with E-state index in [2.05, 4.69) is 10.3 Å².